The third-order valence-corrected chi connectivity index (χ3v) is 2.63. The summed E-state index contributed by atoms with van der Waals surface area (Å²) in [5, 5.41) is 0. The Morgan fingerprint density at radius 1 is 1.50 bits per heavy atom. The van der Waals surface area contributed by atoms with Crippen LogP contribution in [0.2, 0.25) is 0 Å². The average molecular weight is 181 g/mol. The molecule has 0 amide bonds. The Bertz CT molecular complexity index is 166. The van der Waals surface area contributed by atoms with Crippen LogP contribution in [0.1, 0.15) is 32.6 Å². The molecule has 1 nitrogen and oxygen atoms in total. The second kappa shape index (κ2) is 2.91. The minimum absolute atomic E-state index is 0.00521. The zero-order valence-electron chi connectivity index (χ0n) is 7.12. The van der Waals surface area contributed by atoms with Gasteiger partial charge in [-0.25, -0.2) is 0 Å². The van der Waals surface area contributed by atoms with Crippen molar-refractivity contribution in [1.82, 2.24) is 0 Å². The zero-order valence-corrected chi connectivity index (χ0v) is 7.12. The first-order valence-electron chi connectivity index (χ1n) is 4.16. The van der Waals surface area contributed by atoms with Crippen molar-refractivity contribution in [2.75, 3.05) is 0 Å². The van der Waals surface area contributed by atoms with E-state index in [0.717, 1.165) is 6.42 Å². The molecule has 1 fully saturated rings. The molecular weight excluding hydrogens is 167 g/mol. The van der Waals surface area contributed by atoms with Crippen molar-refractivity contribution >= 4 is 0 Å². The van der Waals surface area contributed by atoms with Crippen LogP contribution in [0, 0.1) is 5.41 Å². The van der Waals surface area contributed by atoms with Gasteiger partial charge < -0.3 is 5.73 Å². The molecule has 1 saturated carbocycles. The second-order valence-electron chi connectivity index (χ2n) is 3.93. The highest BCUT2D eigenvalue weighted by molar-refractivity contribution is 5.02. The van der Waals surface area contributed by atoms with Gasteiger partial charge >= 0.3 is 6.18 Å². The Balaban J connectivity index is 2.12. The van der Waals surface area contributed by atoms with E-state index in [9.17, 15) is 13.2 Å². The van der Waals surface area contributed by atoms with E-state index in [-0.39, 0.29) is 17.9 Å². The highest BCUT2D eigenvalue weighted by Gasteiger charge is 2.46. The lowest BCUT2D eigenvalue weighted by atomic mass is 10.0. The summed E-state index contributed by atoms with van der Waals surface area (Å²) in [5.74, 6) is 0. The number of alkyl halides is 3. The molecule has 2 N–H and O–H groups in total. The molecule has 4 heteroatoms. The topological polar surface area (TPSA) is 26.0 Å². The van der Waals surface area contributed by atoms with E-state index in [4.69, 9.17) is 5.73 Å². The van der Waals surface area contributed by atoms with E-state index in [1.165, 1.54) is 0 Å². The quantitative estimate of drug-likeness (QED) is 0.711. The van der Waals surface area contributed by atoms with Crippen LogP contribution in [0.4, 0.5) is 13.2 Å². The second-order valence-corrected chi connectivity index (χ2v) is 3.93. The summed E-state index contributed by atoms with van der Waals surface area (Å²) in [5.41, 5.74) is 5.57. The van der Waals surface area contributed by atoms with Gasteiger partial charge in [0.1, 0.15) is 0 Å². The van der Waals surface area contributed by atoms with Gasteiger partial charge in [0.15, 0.2) is 0 Å². The van der Waals surface area contributed by atoms with Crippen LogP contribution in [0.25, 0.3) is 0 Å². The minimum atomic E-state index is -4.00. The lowest BCUT2D eigenvalue weighted by Gasteiger charge is -2.10. The third-order valence-electron chi connectivity index (χ3n) is 2.63. The van der Waals surface area contributed by atoms with Crippen LogP contribution in [0.3, 0.4) is 0 Å². The molecule has 1 aliphatic carbocycles. The van der Waals surface area contributed by atoms with Gasteiger partial charge in [-0.2, -0.15) is 13.2 Å². The van der Waals surface area contributed by atoms with Gasteiger partial charge in [0, 0.05) is 12.5 Å². The van der Waals surface area contributed by atoms with Crippen LogP contribution in [0.5, 0.6) is 0 Å². The van der Waals surface area contributed by atoms with Gasteiger partial charge in [-0.3, -0.25) is 0 Å². The Labute approximate surface area is 70.1 Å². The van der Waals surface area contributed by atoms with Crippen molar-refractivity contribution < 1.29 is 13.2 Å². The monoisotopic (exact) mass is 181 g/mol. The van der Waals surface area contributed by atoms with E-state index in [2.05, 4.69) is 0 Å². The summed E-state index contributed by atoms with van der Waals surface area (Å²) in [6.07, 6.45) is -2.98. The molecule has 2 unspecified atom stereocenters. The van der Waals surface area contributed by atoms with Gasteiger partial charge in [0.25, 0.3) is 0 Å². The Hall–Kier alpha value is -0.250. The maximum atomic E-state index is 11.7. The Morgan fingerprint density at radius 3 is 2.33 bits per heavy atom. The molecule has 0 bridgehead atoms. The van der Waals surface area contributed by atoms with Crippen LogP contribution in [0.15, 0.2) is 0 Å². The Kier molecular flexibility index (Phi) is 2.38. The summed E-state index contributed by atoms with van der Waals surface area (Å²) in [6.45, 7) is 1.95. The molecule has 12 heavy (non-hydrogen) atoms. The molecule has 0 aliphatic heterocycles. The lowest BCUT2D eigenvalue weighted by molar-refractivity contribution is -0.136. The smallest absolute Gasteiger partial charge is 0.327 e. The van der Waals surface area contributed by atoms with E-state index in [1.54, 1.807) is 0 Å². The molecule has 0 spiro atoms. The fraction of sp³-hybridized carbons (Fsp3) is 1.00. The van der Waals surface area contributed by atoms with Crippen molar-refractivity contribution in [3.05, 3.63) is 0 Å². The van der Waals surface area contributed by atoms with E-state index in [1.807, 2.05) is 6.92 Å². The number of hydrogen-bond donors (Lipinski definition) is 1. The minimum Gasteiger partial charge on any atom is -0.327 e. The normalized spacial score (nSPS) is 35.2. The third kappa shape index (κ3) is 2.66. The molecule has 0 radical (unpaired) electrons. The summed E-state index contributed by atoms with van der Waals surface area (Å²) in [7, 11) is 0. The van der Waals surface area contributed by atoms with Crippen molar-refractivity contribution in [3.8, 4) is 0 Å². The highest BCUT2D eigenvalue weighted by Crippen LogP contribution is 2.48. The zero-order chi connectivity index (χ0) is 9.41. The molecular formula is C8H14F3N. The molecule has 1 rings (SSSR count). The summed E-state index contributed by atoms with van der Waals surface area (Å²) in [6, 6.07) is 0.130. The number of halogens is 3. The summed E-state index contributed by atoms with van der Waals surface area (Å²) in [4.78, 5) is 0. The molecule has 0 aromatic carbocycles. The average Bonchev–Trinajstić information content (AvgIpc) is 2.36. The fourth-order valence-corrected chi connectivity index (χ4v) is 1.42. The lowest BCUT2D eigenvalue weighted by Crippen LogP contribution is -2.12. The molecule has 0 heterocycles. The number of nitrogens with two attached hydrogens (primary N) is 1. The molecule has 2 atom stereocenters. The van der Waals surface area contributed by atoms with Crippen LogP contribution in [-0.4, -0.2) is 12.2 Å². The maximum absolute atomic E-state index is 11.7. The van der Waals surface area contributed by atoms with Crippen molar-refractivity contribution in [2.24, 2.45) is 11.1 Å². The summed E-state index contributed by atoms with van der Waals surface area (Å²) < 4.78 is 35.2. The Morgan fingerprint density at radius 2 is 2.00 bits per heavy atom. The summed E-state index contributed by atoms with van der Waals surface area (Å²) >= 11 is 0. The van der Waals surface area contributed by atoms with Gasteiger partial charge in [0.05, 0.1) is 0 Å². The SMILES string of the molecule is CC1(CCCC(F)(F)F)CC1N. The van der Waals surface area contributed by atoms with Gasteiger partial charge in [0.2, 0.25) is 0 Å². The van der Waals surface area contributed by atoms with Crippen LogP contribution < -0.4 is 5.73 Å². The number of hydrogen-bond acceptors (Lipinski definition) is 1. The molecule has 0 aromatic heterocycles. The molecule has 0 aromatic rings. The first kappa shape index (κ1) is 9.84. The van der Waals surface area contributed by atoms with E-state index in [0.29, 0.717) is 6.42 Å². The van der Waals surface area contributed by atoms with Crippen molar-refractivity contribution in [1.29, 1.82) is 0 Å². The molecule has 0 saturated heterocycles. The van der Waals surface area contributed by atoms with Gasteiger partial charge in [-0.1, -0.05) is 6.92 Å². The largest absolute Gasteiger partial charge is 0.389 e. The van der Waals surface area contributed by atoms with Gasteiger partial charge in [-0.15, -0.1) is 0 Å². The van der Waals surface area contributed by atoms with Crippen molar-refractivity contribution in [2.45, 2.75) is 44.8 Å². The van der Waals surface area contributed by atoms with Crippen molar-refractivity contribution in [3.63, 3.8) is 0 Å². The highest BCUT2D eigenvalue weighted by atomic mass is 19.4. The molecule has 72 valence electrons. The van der Waals surface area contributed by atoms with E-state index >= 15 is 0 Å². The first-order valence-corrected chi connectivity index (χ1v) is 4.16. The first-order chi connectivity index (χ1) is 5.33. The van der Waals surface area contributed by atoms with Gasteiger partial charge in [-0.05, 0) is 24.7 Å². The van der Waals surface area contributed by atoms with Crippen LogP contribution in [-0.2, 0) is 0 Å². The van der Waals surface area contributed by atoms with Crippen LogP contribution >= 0.6 is 0 Å². The predicted octanol–water partition coefficient (Wildman–Crippen LogP) is 2.46. The standard InChI is InChI=1S/C8H14F3N/c1-7(5-6(7)12)3-2-4-8(9,10)11/h6H,2-5,12H2,1H3. The maximum Gasteiger partial charge on any atom is 0.389 e. The fourth-order valence-electron chi connectivity index (χ4n) is 1.42. The molecule has 1 aliphatic rings. The van der Waals surface area contributed by atoms with E-state index < -0.39 is 12.6 Å². The number of rotatable bonds is 3. The predicted molar refractivity (Wildman–Crippen MR) is 40.6 cm³/mol.